The van der Waals surface area contributed by atoms with Crippen LogP contribution in [0.15, 0.2) is 42.7 Å². The van der Waals surface area contributed by atoms with E-state index in [1.807, 2.05) is 41.4 Å². The summed E-state index contributed by atoms with van der Waals surface area (Å²) in [5, 5.41) is 13.0. The van der Waals surface area contributed by atoms with Crippen LogP contribution in [0.25, 0.3) is 5.69 Å². The van der Waals surface area contributed by atoms with Gasteiger partial charge in [-0.15, -0.1) is 10.2 Å². The van der Waals surface area contributed by atoms with Crippen molar-refractivity contribution in [2.45, 2.75) is 43.9 Å². The van der Waals surface area contributed by atoms with Crippen LogP contribution in [0.3, 0.4) is 0 Å². The van der Waals surface area contributed by atoms with Crippen molar-refractivity contribution in [3.05, 3.63) is 59.9 Å². The van der Waals surface area contributed by atoms with Gasteiger partial charge in [0.15, 0.2) is 5.82 Å². The summed E-state index contributed by atoms with van der Waals surface area (Å²) < 4.78 is 10.2. The number of amides is 1. The molecule has 8 nitrogen and oxygen atoms in total. The largest absolute Gasteiger partial charge is 0.363 e. The summed E-state index contributed by atoms with van der Waals surface area (Å²) in [4.78, 5) is 15.1. The molecule has 1 spiro atoms. The molecule has 2 aromatic heterocycles. The highest BCUT2D eigenvalue weighted by Gasteiger charge is 2.46. The monoisotopic (exact) mass is 390 g/mol. The zero-order chi connectivity index (χ0) is 19.4. The molecule has 29 heavy (non-hydrogen) atoms. The molecule has 3 aromatic rings. The Labute approximate surface area is 168 Å². The predicted octanol–water partition coefficient (Wildman–Crippen LogP) is 2.16. The SMILES string of the molecule is O=C(c1cccc(-n2cccn2)c1)N1CCC2(C1)Cn1c(nnc1C1CC1)CO2. The number of carbonyl (C=O) groups is 1. The van der Waals surface area contributed by atoms with Gasteiger partial charge >= 0.3 is 0 Å². The molecular formula is C21H22N6O2. The smallest absolute Gasteiger partial charge is 0.254 e. The lowest BCUT2D eigenvalue weighted by molar-refractivity contribution is -0.0814. The Morgan fingerprint density at radius 1 is 1.17 bits per heavy atom. The number of hydrogen-bond acceptors (Lipinski definition) is 5. The summed E-state index contributed by atoms with van der Waals surface area (Å²) >= 11 is 0. The first-order valence-corrected chi connectivity index (χ1v) is 10.2. The molecule has 1 saturated carbocycles. The van der Waals surface area contributed by atoms with Crippen molar-refractivity contribution in [3.8, 4) is 5.69 Å². The average Bonchev–Trinajstić information content (AvgIpc) is 3.16. The Morgan fingerprint density at radius 2 is 2.10 bits per heavy atom. The topological polar surface area (TPSA) is 78.1 Å². The van der Waals surface area contributed by atoms with Crippen LogP contribution in [-0.2, 0) is 17.9 Å². The van der Waals surface area contributed by atoms with Crippen LogP contribution in [0.1, 0.15) is 47.2 Å². The molecule has 1 unspecified atom stereocenters. The van der Waals surface area contributed by atoms with E-state index in [0.29, 0.717) is 31.2 Å². The number of aromatic nitrogens is 5. The number of hydrogen-bond donors (Lipinski definition) is 0. The van der Waals surface area contributed by atoms with Gasteiger partial charge in [0.25, 0.3) is 5.91 Å². The van der Waals surface area contributed by atoms with Crippen LogP contribution in [-0.4, -0.2) is 54.0 Å². The van der Waals surface area contributed by atoms with Gasteiger partial charge in [-0.3, -0.25) is 4.79 Å². The van der Waals surface area contributed by atoms with Gasteiger partial charge in [0.2, 0.25) is 0 Å². The molecule has 0 N–H and O–H groups in total. The van der Waals surface area contributed by atoms with Gasteiger partial charge in [-0.1, -0.05) is 6.07 Å². The maximum atomic E-state index is 13.2. The van der Waals surface area contributed by atoms with E-state index < -0.39 is 0 Å². The van der Waals surface area contributed by atoms with Gasteiger partial charge in [0.05, 0.1) is 18.8 Å². The van der Waals surface area contributed by atoms with Gasteiger partial charge in [-0.05, 0) is 43.5 Å². The van der Waals surface area contributed by atoms with Crippen molar-refractivity contribution in [3.63, 3.8) is 0 Å². The first kappa shape index (κ1) is 16.9. The lowest BCUT2D eigenvalue weighted by Gasteiger charge is -2.34. The highest BCUT2D eigenvalue weighted by atomic mass is 16.5. The molecular weight excluding hydrogens is 368 g/mol. The predicted molar refractivity (Wildman–Crippen MR) is 104 cm³/mol. The number of benzene rings is 1. The summed E-state index contributed by atoms with van der Waals surface area (Å²) in [6.07, 6.45) is 6.83. The second-order valence-electron chi connectivity index (χ2n) is 8.28. The summed E-state index contributed by atoms with van der Waals surface area (Å²) in [6, 6.07) is 9.48. The first-order chi connectivity index (χ1) is 14.2. The summed E-state index contributed by atoms with van der Waals surface area (Å²) in [6.45, 7) is 2.50. The number of rotatable bonds is 3. The first-order valence-electron chi connectivity index (χ1n) is 10.2. The van der Waals surface area contributed by atoms with Crippen molar-refractivity contribution in [1.82, 2.24) is 29.4 Å². The van der Waals surface area contributed by atoms with Gasteiger partial charge < -0.3 is 14.2 Å². The number of likely N-dealkylation sites (tertiary alicyclic amines) is 1. The molecule has 1 amide bonds. The van der Waals surface area contributed by atoms with E-state index in [1.165, 1.54) is 12.8 Å². The molecule has 1 aromatic carbocycles. The Bertz CT molecular complexity index is 1070. The summed E-state index contributed by atoms with van der Waals surface area (Å²) in [7, 11) is 0. The quantitative estimate of drug-likeness (QED) is 0.685. The Balaban J connectivity index is 1.22. The molecule has 0 radical (unpaired) electrons. The number of nitrogens with zero attached hydrogens (tertiary/aromatic N) is 6. The Kier molecular flexibility index (Phi) is 3.64. The molecule has 8 heteroatoms. The van der Waals surface area contributed by atoms with Crippen molar-refractivity contribution >= 4 is 5.91 Å². The molecule has 3 aliphatic rings. The van der Waals surface area contributed by atoms with E-state index in [2.05, 4.69) is 19.9 Å². The second kappa shape index (κ2) is 6.25. The van der Waals surface area contributed by atoms with Crippen LogP contribution < -0.4 is 0 Å². The number of ether oxygens (including phenoxy) is 1. The fourth-order valence-corrected chi connectivity index (χ4v) is 4.47. The third-order valence-electron chi connectivity index (χ3n) is 6.22. The van der Waals surface area contributed by atoms with Crippen molar-refractivity contribution < 1.29 is 9.53 Å². The molecule has 6 rings (SSSR count). The minimum atomic E-state index is -0.339. The molecule has 4 heterocycles. The van der Waals surface area contributed by atoms with Crippen molar-refractivity contribution in [2.75, 3.05) is 13.1 Å². The van der Waals surface area contributed by atoms with E-state index in [9.17, 15) is 4.79 Å². The zero-order valence-corrected chi connectivity index (χ0v) is 16.1. The molecule has 1 aliphatic carbocycles. The molecule has 2 fully saturated rings. The number of carbonyl (C=O) groups excluding carboxylic acids is 1. The summed E-state index contributed by atoms with van der Waals surface area (Å²) in [5.41, 5.74) is 1.22. The van der Waals surface area contributed by atoms with Crippen LogP contribution >= 0.6 is 0 Å². The van der Waals surface area contributed by atoms with Gasteiger partial charge in [0.1, 0.15) is 18.0 Å². The molecule has 0 bridgehead atoms. The minimum Gasteiger partial charge on any atom is -0.363 e. The third-order valence-corrected chi connectivity index (χ3v) is 6.22. The Morgan fingerprint density at radius 3 is 2.93 bits per heavy atom. The maximum Gasteiger partial charge on any atom is 0.254 e. The highest BCUT2D eigenvalue weighted by molar-refractivity contribution is 5.95. The third kappa shape index (κ3) is 2.86. The fourth-order valence-electron chi connectivity index (χ4n) is 4.47. The van der Waals surface area contributed by atoms with Crippen LogP contribution in [0.4, 0.5) is 0 Å². The molecule has 1 atom stereocenters. The summed E-state index contributed by atoms with van der Waals surface area (Å²) in [5.74, 6) is 2.60. The van der Waals surface area contributed by atoms with Gasteiger partial charge in [-0.2, -0.15) is 5.10 Å². The lowest BCUT2D eigenvalue weighted by atomic mass is 10.0. The number of fused-ring (bicyclic) bond motifs is 1. The second-order valence-corrected chi connectivity index (χ2v) is 8.28. The van der Waals surface area contributed by atoms with Gasteiger partial charge in [-0.25, -0.2) is 4.68 Å². The molecule has 1 saturated heterocycles. The Hall–Kier alpha value is -3.00. The van der Waals surface area contributed by atoms with E-state index in [4.69, 9.17) is 4.74 Å². The highest BCUT2D eigenvalue weighted by Crippen LogP contribution is 2.41. The van der Waals surface area contributed by atoms with E-state index in [1.54, 1.807) is 10.9 Å². The molecule has 2 aliphatic heterocycles. The lowest BCUT2D eigenvalue weighted by Crippen LogP contribution is -2.45. The normalized spacial score (nSPS) is 23.5. The van der Waals surface area contributed by atoms with Crippen molar-refractivity contribution in [1.29, 1.82) is 0 Å². The average molecular weight is 390 g/mol. The fraction of sp³-hybridized carbons (Fsp3) is 0.429. The van der Waals surface area contributed by atoms with E-state index in [0.717, 1.165) is 30.3 Å². The van der Waals surface area contributed by atoms with E-state index >= 15 is 0 Å². The molecule has 148 valence electrons. The van der Waals surface area contributed by atoms with Gasteiger partial charge in [0, 0.05) is 30.4 Å². The minimum absolute atomic E-state index is 0.0384. The van der Waals surface area contributed by atoms with E-state index in [-0.39, 0.29) is 11.5 Å². The standard InChI is InChI=1S/C21H22N6O2/c28-20(16-3-1-4-17(11-16)27-9-2-8-22-27)25-10-7-21(13-25)14-26-18(12-29-21)23-24-19(26)15-5-6-15/h1-4,8-9,11,15H,5-7,10,12-14H2. The zero-order valence-electron chi connectivity index (χ0n) is 16.1. The van der Waals surface area contributed by atoms with Crippen LogP contribution in [0.5, 0.6) is 0 Å². The van der Waals surface area contributed by atoms with Crippen molar-refractivity contribution in [2.24, 2.45) is 0 Å². The van der Waals surface area contributed by atoms with Crippen LogP contribution in [0.2, 0.25) is 0 Å². The maximum absolute atomic E-state index is 13.2. The van der Waals surface area contributed by atoms with Crippen LogP contribution in [0, 0.1) is 0 Å².